The molecule has 21 heavy (non-hydrogen) atoms. The minimum absolute atomic E-state index is 0.0799. The van der Waals surface area contributed by atoms with Gasteiger partial charge in [-0.15, -0.1) is 0 Å². The van der Waals surface area contributed by atoms with Crippen molar-refractivity contribution < 1.29 is 12.8 Å². The zero-order chi connectivity index (χ0) is 15.5. The van der Waals surface area contributed by atoms with Crippen molar-refractivity contribution in [2.45, 2.75) is 24.4 Å². The van der Waals surface area contributed by atoms with Crippen LogP contribution in [-0.2, 0) is 16.4 Å². The Balaban J connectivity index is 1.99. The summed E-state index contributed by atoms with van der Waals surface area (Å²) in [6.45, 7) is 3.29. The molecule has 7 heteroatoms. The van der Waals surface area contributed by atoms with Crippen LogP contribution in [0.3, 0.4) is 0 Å². The summed E-state index contributed by atoms with van der Waals surface area (Å²) in [6.07, 6.45) is 4.58. The molecule has 0 aliphatic heterocycles. The maximum absolute atomic E-state index is 13.8. The Morgan fingerprint density at radius 1 is 1.43 bits per heavy atom. The van der Waals surface area contributed by atoms with Crippen molar-refractivity contribution in [2.75, 3.05) is 12.8 Å². The van der Waals surface area contributed by atoms with Gasteiger partial charge in [-0.1, -0.05) is 6.07 Å². The Kier molecular flexibility index (Phi) is 4.74. The summed E-state index contributed by atoms with van der Waals surface area (Å²) in [5, 5.41) is 7.33. The minimum Gasteiger partial charge on any atom is -0.308 e. The van der Waals surface area contributed by atoms with Gasteiger partial charge in [0.25, 0.3) is 0 Å². The molecule has 0 amide bonds. The molecule has 2 aromatic rings. The van der Waals surface area contributed by atoms with Crippen LogP contribution in [0, 0.1) is 5.82 Å². The second-order valence-corrected chi connectivity index (χ2v) is 6.89. The summed E-state index contributed by atoms with van der Waals surface area (Å²) in [6, 6.07) is 5.98. The zero-order valence-corrected chi connectivity index (χ0v) is 12.8. The van der Waals surface area contributed by atoms with E-state index in [4.69, 9.17) is 0 Å². The van der Waals surface area contributed by atoms with Crippen LogP contribution in [0.5, 0.6) is 0 Å². The molecule has 1 unspecified atom stereocenters. The topological polar surface area (TPSA) is 64.0 Å². The normalized spacial score (nSPS) is 13.3. The van der Waals surface area contributed by atoms with E-state index in [0.29, 0.717) is 18.7 Å². The van der Waals surface area contributed by atoms with E-state index in [1.807, 2.05) is 19.2 Å². The molecule has 0 aliphatic carbocycles. The standard InChI is InChI=1S/C14H18FN3O2S/c1-11(16-7-9-18-8-3-6-17-18)12-4-5-14(13(15)10-12)21(2,19)20/h3-6,8,10-11,16H,7,9H2,1-2H3. The molecule has 1 aromatic heterocycles. The lowest BCUT2D eigenvalue weighted by Gasteiger charge is -2.15. The first-order valence-corrected chi connectivity index (χ1v) is 8.47. The van der Waals surface area contributed by atoms with Crippen LogP contribution in [0.2, 0.25) is 0 Å². The molecule has 0 radical (unpaired) electrons. The van der Waals surface area contributed by atoms with Crippen LogP contribution in [0.15, 0.2) is 41.6 Å². The van der Waals surface area contributed by atoms with Crippen molar-refractivity contribution >= 4 is 9.84 Å². The number of nitrogens with one attached hydrogen (secondary N) is 1. The van der Waals surface area contributed by atoms with Crippen LogP contribution in [0.1, 0.15) is 18.5 Å². The number of nitrogens with zero attached hydrogens (tertiary/aromatic N) is 2. The fourth-order valence-corrected chi connectivity index (χ4v) is 2.76. The maximum Gasteiger partial charge on any atom is 0.178 e. The van der Waals surface area contributed by atoms with E-state index in [0.717, 1.165) is 6.26 Å². The average molecular weight is 311 g/mol. The van der Waals surface area contributed by atoms with Gasteiger partial charge in [0, 0.05) is 31.2 Å². The van der Waals surface area contributed by atoms with E-state index < -0.39 is 15.7 Å². The third kappa shape index (κ3) is 4.12. The summed E-state index contributed by atoms with van der Waals surface area (Å²) in [7, 11) is -3.53. The first-order chi connectivity index (χ1) is 9.88. The molecular formula is C14H18FN3O2S. The second-order valence-electron chi connectivity index (χ2n) is 4.91. The third-order valence-corrected chi connectivity index (χ3v) is 4.34. The number of aromatic nitrogens is 2. The first kappa shape index (κ1) is 15.7. The number of sulfone groups is 1. The largest absolute Gasteiger partial charge is 0.308 e. The van der Waals surface area contributed by atoms with E-state index in [-0.39, 0.29) is 10.9 Å². The smallest absolute Gasteiger partial charge is 0.178 e. The number of hydrogen-bond acceptors (Lipinski definition) is 4. The van der Waals surface area contributed by atoms with Gasteiger partial charge in [0.15, 0.2) is 9.84 Å². The molecule has 5 nitrogen and oxygen atoms in total. The summed E-state index contributed by atoms with van der Waals surface area (Å²) < 4.78 is 38.4. The first-order valence-electron chi connectivity index (χ1n) is 6.58. The highest BCUT2D eigenvalue weighted by atomic mass is 32.2. The second kappa shape index (κ2) is 6.36. The van der Waals surface area contributed by atoms with Crippen LogP contribution < -0.4 is 5.32 Å². The van der Waals surface area contributed by atoms with Gasteiger partial charge in [-0.3, -0.25) is 4.68 Å². The van der Waals surface area contributed by atoms with Crippen LogP contribution in [-0.4, -0.2) is 31.0 Å². The molecule has 0 aliphatic rings. The molecule has 0 fully saturated rings. The Morgan fingerprint density at radius 2 is 2.19 bits per heavy atom. The van der Waals surface area contributed by atoms with E-state index in [1.54, 1.807) is 16.9 Å². The Hall–Kier alpha value is -1.73. The van der Waals surface area contributed by atoms with Gasteiger partial charge in [0.2, 0.25) is 0 Å². The Bertz CT molecular complexity index is 699. The van der Waals surface area contributed by atoms with Gasteiger partial charge in [-0.2, -0.15) is 5.10 Å². The summed E-state index contributed by atoms with van der Waals surface area (Å²) >= 11 is 0. The predicted molar refractivity (Wildman–Crippen MR) is 78.2 cm³/mol. The van der Waals surface area contributed by atoms with E-state index in [2.05, 4.69) is 10.4 Å². The monoisotopic (exact) mass is 311 g/mol. The Morgan fingerprint density at radius 3 is 2.76 bits per heavy atom. The molecule has 1 heterocycles. The van der Waals surface area contributed by atoms with E-state index in [1.165, 1.54) is 12.1 Å². The van der Waals surface area contributed by atoms with Crippen molar-refractivity contribution in [1.82, 2.24) is 15.1 Å². The van der Waals surface area contributed by atoms with Gasteiger partial charge in [0.05, 0.1) is 6.54 Å². The van der Waals surface area contributed by atoms with Gasteiger partial charge in [-0.05, 0) is 30.7 Å². The number of benzene rings is 1. The highest BCUT2D eigenvalue weighted by Gasteiger charge is 2.15. The van der Waals surface area contributed by atoms with Crippen LogP contribution in [0.4, 0.5) is 4.39 Å². The predicted octanol–water partition coefficient (Wildman–Crippen LogP) is 1.78. The molecule has 114 valence electrons. The quantitative estimate of drug-likeness (QED) is 0.883. The molecule has 0 spiro atoms. The lowest BCUT2D eigenvalue weighted by Crippen LogP contribution is -2.23. The van der Waals surface area contributed by atoms with Crippen molar-refractivity contribution in [1.29, 1.82) is 0 Å². The summed E-state index contributed by atoms with van der Waals surface area (Å²) in [4.78, 5) is -0.269. The molecule has 1 N–H and O–H groups in total. The summed E-state index contributed by atoms with van der Waals surface area (Å²) in [5.74, 6) is -0.712. The third-order valence-electron chi connectivity index (χ3n) is 3.21. The highest BCUT2D eigenvalue weighted by Crippen LogP contribution is 2.20. The van der Waals surface area contributed by atoms with Gasteiger partial charge in [0.1, 0.15) is 10.7 Å². The van der Waals surface area contributed by atoms with Crippen LogP contribution >= 0.6 is 0 Å². The molecule has 1 atom stereocenters. The van der Waals surface area contributed by atoms with Crippen molar-refractivity contribution in [3.63, 3.8) is 0 Å². The van der Waals surface area contributed by atoms with Gasteiger partial charge < -0.3 is 5.32 Å². The fraction of sp³-hybridized carbons (Fsp3) is 0.357. The van der Waals surface area contributed by atoms with Gasteiger partial charge >= 0.3 is 0 Å². The van der Waals surface area contributed by atoms with E-state index in [9.17, 15) is 12.8 Å². The van der Waals surface area contributed by atoms with Crippen molar-refractivity contribution in [3.8, 4) is 0 Å². The lowest BCUT2D eigenvalue weighted by atomic mass is 10.1. The van der Waals surface area contributed by atoms with Crippen LogP contribution in [0.25, 0.3) is 0 Å². The van der Waals surface area contributed by atoms with Crippen molar-refractivity contribution in [3.05, 3.63) is 48.0 Å². The highest BCUT2D eigenvalue weighted by molar-refractivity contribution is 7.90. The average Bonchev–Trinajstić information content (AvgIpc) is 2.90. The molecule has 0 bridgehead atoms. The van der Waals surface area contributed by atoms with E-state index >= 15 is 0 Å². The maximum atomic E-state index is 13.8. The molecular weight excluding hydrogens is 293 g/mol. The molecule has 1 aromatic carbocycles. The number of hydrogen-bond donors (Lipinski definition) is 1. The molecule has 0 saturated heterocycles. The SMILES string of the molecule is CC(NCCn1cccn1)c1ccc(S(C)(=O)=O)c(F)c1. The minimum atomic E-state index is -3.53. The number of rotatable bonds is 6. The van der Waals surface area contributed by atoms with Crippen molar-refractivity contribution in [2.24, 2.45) is 0 Å². The van der Waals surface area contributed by atoms with Gasteiger partial charge in [-0.25, -0.2) is 12.8 Å². The lowest BCUT2D eigenvalue weighted by molar-refractivity contribution is 0.503. The Labute approximate surface area is 123 Å². The number of halogens is 1. The fourth-order valence-electron chi connectivity index (χ4n) is 2.03. The summed E-state index contributed by atoms with van der Waals surface area (Å²) in [5.41, 5.74) is 0.709. The molecule has 2 rings (SSSR count). The molecule has 0 saturated carbocycles. The zero-order valence-electron chi connectivity index (χ0n) is 12.0.